The first-order valence-electron chi connectivity index (χ1n) is 4.67. The van der Waals surface area contributed by atoms with E-state index in [-0.39, 0.29) is 45.9 Å². The standard InChI is InChI=1S/C6H7N.C4H10N2.2ClH.Pt/c1-6-2-4-7-5-3-6;1-2-6-4-3-5-1;;;/h2-5H,1H3;5-6H,1-4H2;2*1H;/q;;;;+2/p-1. The predicted octanol–water partition coefficient (Wildman–Crippen LogP) is -2.01. The number of halogens is 2. The number of piperazine rings is 1. The molecule has 0 bridgehead atoms. The number of aryl methyl sites for hydroxylation is 1. The van der Waals surface area contributed by atoms with E-state index in [2.05, 4.69) is 15.6 Å². The van der Waals surface area contributed by atoms with Crippen molar-refractivity contribution in [2.24, 2.45) is 0 Å². The minimum Gasteiger partial charge on any atom is -1.00 e. The monoisotopic (exact) mass is 445 g/mol. The molecule has 16 heavy (non-hydrogen) atoms. The van der Waals surface area contributed by atoms with Gasteiger partial charge in [-0.1, -0.05) is 0 Å². The van der Waals surface area contributed by atoms with E-state index in [0.29, 0.717) is 0 Å². The molecule has 1 aliphatic rings. The van der Waals surface area contributed by atoms with Crippen molar-refractivity contribution in [1.29, 1.82) is 0 Å². The number of hydrogen-bond acceptors (Lipinski definition) is 3. The number of nitrogens with one attached hydrogen (secondary N) is 2. The van der Waals surface area contributed by atoms with Gasteiger partial charge >= 0.3 is 21.1 Å². The van der Waals surface area contributed by atoms with Crippen LogP contribution in [0.15, 0.2) is 24.5 Å². The van der Waals surface area contributed by atoms with Gasteiger partial charge in [0.2, 0.25) is 0 Å². The SMILES string of the molecule is C1CNCCN1.Cc1ccncc1.Cl.[Cl-].[Pt+2]. The Balaban J connectivity index is -0.000000179. The molecular weight excluding hydrogens is 428 g/mol. The van der Waals surface area contributed by atoms with Crippen molar-refractivity contribution in [3.8, 4) is 0 Å². The molecule has 1 aliphatic heterocycles. The van der Waals surface area contributed by atoms with Gasteiger partial charge in [-0.25, -0.2) is 0 Å². The second-order valence-electron chi connectivity index (χ2n) is 3.02. The van der Waals surface area contributed by atoms with E-state index in [1.807, 2.05) is 19.1 Å². The van der Waals surface area contributed by atoms with E-state index in [9.17, 15) is 0 Å². The summed E-state index contributed by atoms with van der Waals surface area (Å²) in [4.78, 5) is 3.85. The third-order valence-corrected chi connectivity index (χ3v) is 1.80. The molecule has 0 unspecified atom stereocenters. The second kappa shape index (κ2) is 15.3. The molecule has 1 fully saturated rings. The van der Waals surface area contributed by atoms with Crippen molar-refractivity contribution in [2.75, 3.05) is 26.2 Å². The van der Waals surface area contributed by atoms with Gasteiger partial charge in [0.25, 0.3) is 0 Å². The smallest absolute Gasteiger partial charge is 1.00 e. The Hall–Kier alpha value is 0.338. The van der Waals surface area contributed by atoms with E-state index >= 15 is 0 Å². The maximum absolute atomic E-state index is 3.85. The molecule has 6 heteroatoms. The van der Waals surface area contributed by atoms with Gasteiger partial charge in [-0.15, -0.1) is 12.4 Å². The van der Waals surface area contributed by atoms with Gasteiger partial charge < -0.3 is 23.0 Å². The number of hydrogen-bond donors (Lipinski definition) is 2. The van der Waals surface area contributed by atoms with Crippen LogP contribution in [-0.2, 0) is 21.1 Å². The molecule has 1 saturated heterocycles. The van der Waals surface area contributed by atoms with E-state index in [1.54, 1.807) is 12.4 Å². The molecule has 2 rings (SSSR count). The molecule has 0 aromatic carbocycles. The molecule has 0 aliphatic carbocycles. The Morgan fingerprint density at radius 1 is 1.00 bits per heavy atom. The fourth-order valence-corrected chi connectivity index (χ4v) is 1.03. The van der Waals surface area contributed by atoms with E-state index in [4.69, 9.17) is 0 Å². The Kier molecular flexibility index (Phi) is 20.7. The van der Waals surface area contributed by atoms with Gasteiger partial charge in [0.15, 0.2) is 0 Å². The van der Waals surface area contributed by atoms with Crippen molar-refractivity contribution < 1.29 is 33.5 Å². The topological polar surface area (TPSA) is 37.0 Å². The van der Waals surface area contributed by atoms with E-state index < -0.39 is 0 Å². The Morgan fingerprint density at radius 2 is 1.38 bits per heavy atom. The molecule has 1 aromatic heterocycles. The zero-order valence-corrected chi connectivity index (χ0v) is 13.0. The van der Waals surface area contributed by atoms with Crippen LogP contribution in [0.1, 0.15) is 5.56 Å². The van der Waals surface area contributed by atoms with Crippen LogP contribution in [0, 0.1) is 6.92 Å². The van der Waals surface area contributed by atoms with Crippen molar-refractivity contribution in [3.05, 3.63) is 30.1 Å². The van der Waals surface area contributed by atoms with E-state index in [1.165, 1.54) is 5.56 Å². The van der Waals surface area contributed by atoms with Crippen molar-refractivity contribution in [2.45, 2.75) is 6.92 Å². The first kappa shape index (κ1) is 21.6. The molecule has 96 valence electrons. The van der Waals surface area contributed by atoms with Crippen LogP contribution in [0.2, 0.25) is 0 Å². The van der Waals surface area contributed by atoms with Crippen LogP contribution in [-0.4, -0.2) is 31.2 Å². The maximum atomic E-state index is 3.85. The van der Waals surface area contributed by atoms with Gasteiger partial charge in [-0.05, 0) is 24.6 Å². The van der Waals surface area contributed by atoms with Gasteiger partial charge in [0.1, 0.15) is 0 Å². The molecule has 0 atom stereocenters. The van der Waals surface area contributed by atoms with Crippen LogP contribution < -0.4 is 23.0 Å². The van der Waals surface area contributed by atoms with Crippen molar-refractivity contribution >= 4 is 12.4 Å². The van der Waals surface area contributed by atoms with Crippen LogP contribution in [0.4, 0.5) is 0 Å². The predicted molar refractivity (Wildman–Crippen MR) is 62.0 cm³/mol. The largest absolute Gasteiger partial charge is 2.00 e. The molecule has 2 heterocycles. The Bertz CT molecular complexity index is 209. The van der Waals surface area contributed by atoms with Crippen LogP contribution >= 0.6 is 12.4 Å². The van der Waals surface area contributed by atoms with Crippen molar-refractivity contribution in [1.82, 2.24) is 15.6 Å². The molecule has 0 spiro atoms. The number of aromatic nitrogens is 1. The van der Waals surface area contributed by atoms with Crippen LogP contribution in [0.5, 0.6) is 0 Å². The fraction of sp³-hybridized carbons (Fsp3) is 0.500. The summed E-state index contributed by atoms with van der Waals surface area (Å²) in [7, 11) is 0. The summed E-state index contributed by atoms with van der Waals surface area (Å²) in [5.74, 6) is 0. The quantitative estimate of drug-likeness (QED) is 0.484. The molecule has 3 nitrogen and oxygen atoms in total. The first-order valence-corrected chi connectivity index (χ1v) is 4.67. The van der Waals surface area contributed by atoms with Crippen LogP contribution in [0.3, 0.4) is 0 Å². The summed E-state index contributed by atoms with van der Waals surface area (Å²) < 4.78 is 0. The van der Waals surface area contributed by atoms with Gasteiger partial charge in [-0.2, -0.15) is 0 Å². The Morgan fingerprint density at radius 3 is 1.56 bits per heavy atom. The normalized spacial score (nSPS) is 12.8. The molecule has 0 radical (unpaired) electrons. The minimum absolute atomic E-state index is 0. The molecule has 2 N–H and O–H groups in total. The molecule has 1 aromatic rings. The van der Waals surface area contributed by atoms with Gasteiger partial charge in [0.05, 0.1) is 0 Å². The fourth-order valence-electron chi connectivity index (χ4n) is 1.03. The molecule has 0 amide bonds. The van der Waals surface area contributed by atoms with Gasteiger partial charge in [-0.3, -0.25) is 4.98 Å². The molecular formula is C10H18Cl2N3Pt+. The average Bonchev–Trinajstić information content (AvgIpc) is 2.22. The van der Waals surface area contributed by atoms with E-state index in [0.717, 1.165) is 26.2 Å². The summed E-state index contributed by atoms with van der Waals surface area (Å²) in [5.41, 5.74) is 1.26. The number of rotatable bonds is 0. The maximum Gasteiger partial charge on any atom is 2.00 e. The molecule has 0 saturated carbocycles. The van der Waals surface area contributed by atoms with Crippen LogP contribution in [0.25, 0.3) is 0 Å². The van der Waals surface area contributed by atoms with Crippen molar-refractivity contribution in [3.63, 3.8) is 0 Å². The third-order valence-electron chi connectivity index (χ3n) is 1.80. The summed E-state index contributed by atoms with van der Waals surface area (Å²) >= 11 is 0. The minimum atomic E-state index is 0. The summed E-state index contributed by atoms with van der Waals surface area (Å²) in [6, 6.07) is 3.94. The Labute approximate surface area is 124 Å². The summed E-state index contributed by atoms with van der Waals surface area (Å²) in [6.07, 6.45) is 3.57. The number of nitrogens with zero attached hydrogens (tertiary/aromatic N) is 1. The average molecular weight is 446 g/mol. The summed E-state index contributed by atoms with van der Waals surface area (Å²) in [6.45, 7) is 6.60. The third kappa shape index (κ3) is 12.4. The number of pyridine rings is 1. The summed E-state index contributed by atoms with van der Waals surface area (Å²) in [5, 5.41) is 6.44. The van der Waals surface area contributed by atoms with Gasteiger partial charge in [0, 0.05) is 38.6 Å². The zero-order valence-electron chi connectivity index (χ0n) is 9.19. The first-order chi connectivity index (χ1) is 6.39. The second-order valence-corrected chi connectivity index (χ2v) is 3.02. The zero-order chi connectivity index (χ0) is 9.36.